The summed E-state index contributed by atoms with van der Waals surface area (Å²) in [6.07, 6.45) is 0. The first-order chi connectivity index (χ1) is 24.7. The second-order valence-electron chi connectivity index (χ2n) is 19.6. The third-order valence-corrected chi connectivity index (χ3v) is 20.0. The van der Waals surface area contributed by atoms with Crippen molar-refractivity contribution in [3.05, 3.63) is 67.5 Å². The molecule has 0 atom stereocenters. The van der Waals surface area contributed by atoms with E-state index >= 15 is 0 Å². The molecule has 0 bridgehead atoms. The molecule has 58 heavy (non-hydrogen) atoms. The molecule has 342 valence electrons. The van der Waals surface area contributed by atoms with Gasteiger partial charge in [-0.15, -0.1) is 115 Å². The molecule has 0 saturated heterocycles. The molecule has 0 radical (unpaired) electrons. The summed E-state index contributed by atoms with van der Waals surface area (Å²) in [6.45, 7) is 48.3. The zero-order valence-electron chi connectivity index (χ0n) is 40.1. The molecule has 0 aliphatic heterocycles. The number of hydrogen-bond acceptors (Lipinski definition) is 1. The molecule has 2 aliphatic carbocycles. The van der Waals surface area contributed by atoms with Gasteiger partial charge in [-0.3, -0.25) is 0 Å². The second-order valence-corrected chi connectivity index (χ2v) is 31.4. The minimum absolute atomic E-state index is 0. The van der Waals surface area contributed by atoms with Gasteiger partial charge in [0.05, 0.1) is 19.3 Å². The number of hydrogen-bond donors (Lipinski definition) is 1. The first-order valence-corrected chi connectivity index (χ1v) is 28.9. The first kappa shape index (κ1) is 69.3. The third kappa shape index (κ3) is 28.2. The van der Waals surface area contributed by atoms with Crippen LogP contribution in [0.5, 0.6) is 0 Å². The number of rotatable bonds is 7. The largest absolute Gasteiger partial charge is 4.00 e. The zero-order valence-corrected chi connectivity index (χ0v) is 49.8. The average molecular weight is 1040 g/mol. The summed E-state index contributed by atoms with van der Waals surface area (Å²) in [7, 11) is -2.01. The summed E-state index contributed by atoms with van der Waals surface area (Å²) in [4.78, 5) is 1.55. The van der Waals surface area contributed by atoms with E-state index in [9.17, 15) is 0 Å². The summed E-state index contributed by atoms with van der Waals surface area (Å²) in [5.41, 5.74) is 40.0. The van der Waals surface area contributed by atoms with E-state index in [4.69, 9.17) is 116 Å². The number of halogens is 8. The molecule has 0 aromatic heterocycles. The Bertz CT molecular complexity index is 1220. The van der Waals surface area contributed by atoms with Crippen LogP contribution in [0.2, 0.25) is 37.3 Å². The molecule has 5 N–H and O–H groups in total. The predicted octanol–water partition coefficient (Wildman–Crippen LogP) is 18.6. The number of allylic oxidation sites excluding steroid dienone is 8. The zero-order chi connectivity index (χ0) is 47.4. The Balaban J connectivity index is -0.000000202. The maximum absolute atomic E-state index is 7.12. The first-order valence-electron chi connectivity index (χ1n) is 19.3. The van der Waals surface area contributed by atoms with Crippen LogP contribution in [0.3, 0.4) is 0 Å². The van der Waals surface area contributed by atoms with E-state index in [1.54, 1.807) is 88.8 Å². The van der Waals surface area contributed by atoms with E-state index in [1.807, 2.05) is 0 Å². The number of alkyl halides is 8. The Kier molecular flexibility index (Phi) is 33.8. The van der Waals surface area contributed by atoms with Gasteiger partial charge in [0.1, 0.15) is 8.24 Å². The van der Waals surface area contributed by atoms with E-state index in [2.05, 4.69) is 107 Å². The average Bonchev–Trinajstić information content (AvgIpc) is 3.28. The molecule has 0 spiro atoms. The minimum atomic E-state index is -1.48. The van der Waals surface area contributed by atoms with Crippen molar-refractivity contribution in [3.8, 4) is 0 Å². The molecule has 16 heteroatoms. The molecule has 0 saturated carbocycles. The van der Waals surface area contributed by atoms with Gasteiger partial charge in [0.2, 0.25) is 0 Å². The fourth-order valence-electron chi connectivity index (χ4n) is 5.85. The molecule has 0 heterocycles. The number of nitrogens with one attached hydrogen (secondary N) is 5. The van der Waals surface area contributed by atoms with Crippen LogP contribution in [-0.2, 0) is 21.7 Å². The van der Waals surface area contributed by atoms with Crippen molar-refractivity contribution in [2.45, 2.75) is 216 Å². The van der Waals surface area contributed by atoms with Crippen molar-refractivity contribution in [1.29, 1.82) is 0 Å². The van der Waals surface area contributed by atoms with Crippen LogP contribution in [0.4, 0.5) is 0 Å². The van der Waals surface area contributed by atoms with Crippen molar-refractivity contribution >= 4 is 110 Å². The monoisotopic (exact) mass is 1040 g/mol. The van der Waals surface area contributed by atoms with Gasteiger partial charge < -0.3 is 27.9 Å². The van der Waals surface area contributed by atoms with Crippen LogP contribution < -0.4 is 4.98 Å². The van der Waals surface area contributed by atoms with E-state index in [0.717, 1.165) is 5.54 Å². The SMILES string of the molecule is CC(C)([NH-])C(Cl)Cl.CC(C)([NH-])C(Cl)Cl.CC(C)([NH-])C(Cl)Cl.CC(C)([NH-])C(Cl)Cl.CC1=C(C)C([SiH](C)C)C(C)=C1C.CC1=C(C)C([Si](C)(C)NC(C)(C)C)C(C)=C1C.[Ti+4]. The molecule has 0 fully saturated rings. The van der Waals surface area contributed by atoms with Crippen LogP contribution in [0.1, 0.15) is 132 Å². The fourth-order valence-corrected chi connectivity index (χ4v) is 13.0. The van der Waals surface area contributed by atoms with E-state index < -0.39 is 58.5 Å². The molecule has 2 rings (SSSR count). The van der Waals surface area contributed by atoms with Crippen molar-refractivity contribution in [1.82, 2.24) is 4.98 Å². The van der Waals surface area contributed by atoms with Crippen LogP contribution in [0.15, 0.2) is 44.6 Å². The summed E-state index contributed by atoms with van der Waals surface area (Å²) >= 11 is 42.7. The van der Waals surface area contributed by atoms with Crippen LogP contribution in [0, 0.1) is 0 Å². The Morgan fingerprint density at radius 2 is 0.638 bits per heavy atom. The predicted molar refractivity (Wildman–Crippen MR) is 276 cm³/mol. The smallest absolute Gasteiger partial charge is 0.670 e. The van der Waals surface area contributed by atoms with Crippen molar-refractivity contribution in [2.24, 2.45) is 0 Å². The fraction of sp³-hybridized carbons (Fsp3) is 0.810. The summed E-state index contributed by atoms with van der Waals surface area (Å²) in [6, 6.07) is 0. The normalized spacial score (nSPS) is 16.1. The van der Waals surface area contributed by atoms with Gasteiger partial charge >= 0.3 is 21.7 Å². The maximum atomic E-state index is 7.12. The molecule has 0 aromatic carbocycles. The Labute approximate surface area is 416 Å². The van der Waals surface area contributed by atoms with Gasteiger partial charge in [-0.1, -0.05) is 104 Å². The topological polar surface area (TPSA) is 107 Å². The minimum Gasteiger partial charge on any atom is -0.670 e. The van der Waals surface area contributed by atoms with Gasteiger partial charge in [-0.25, -0.2) is 0 Å². The van der Waals surface area contributed by atoms with Gasteiger partial charge in [-0.05, 0) is 104 Å². The summed E-state index contributed by atoms with van der Waals surface area (Å²) in [5, 5.41) is 0. The van der Waals surface area contributed by atoms with Crippen molar-refractivity contribution in [3.63, 3.8) is 0 Å². The van der Waals surface area contributed by atoms with E-state index in [1.165, 1.54) is 11.1 Å². The second kappa shape index (κ2) is 28.3. The Hall–Kier alpha value is 2.23. The van der Waals surface area contributed by atoms with Crippen LogP contribution in [-0.4, -0.2) is 64.1 Å². The molecule has 0 aromatic rings. The summed E-state index contributed by atoms with van der Waals surface area (Å²) in [5.74, 6) is 0. The molecular formula is C42H81Cl8N5Si2Ti. The van der Waals surface area contributed by atoms with Gasteiger partial charge in [0.15, 0.2) is 0 Å². The van der Waals surface area contributed by atoms with E-state index in [0.29, 0.717) is 5.54 Å². The Morgan fingerprint density at radius 1 is 0.466 bits per heavy atom. The van der Waals surface area contributed by atoms with Crippen LogP contribution >= 0.6 is 92.8 Å². The quantitative estimate of drug-likeness (QED) is 0.199. The molecule has 0 amide bonds. The Morgan fingerprint density at radius 3 is 0.759 bits per heavy atom. The third-order valence-electron chi connectivity index (χ3n) is 9.56. The van der Waals surface area contributed by atoms with E-state index in [-0.39, 0.29) is 27.3 Å². The van der Waals surface area contributed by atoms with Crippen molar-refractivity contribution in [2.75, 3.05) is 0 Å². The standard InChI is InChI=1S/C15H29NSi.C11H20Si.4C4H8Cl2N.Ti/c1-10-11(2)13(4)14(12(10)3)17(8,9)16-15(5,6)7;1-7-8(2)10(4)11(9(7)3)12(5)6;4*1-4(2,7)3(5)6;/h14,16H,1-9H3;11-12H,1-6H3;4*3,7H,1-2H3;/q;;4*-1;+4. The molecule has 0 unspecified atom stereocenters. The molecule has 5 nitrogen and oxygen atoms in total. The van der Waals surface area contributed by atoms with Gasteiger partial charge in [0.25, 0.3) is 0 Å². The van der Waals surface area contributed by atoms with Crippen LogP contribution in [0.25, 0.3) is 22.9 Å². The van der Waals surface area contributed by atoms with Crippen molar-refractivity contribution < 1.29 is 21.7 Å². The van der Waals surface area contributed by atoms with Gasteiger partial charge in [-0.2, -0.15) is 0 Å². The maximum Gasteiger partial charge on any atom is 4.00 e. The molecule has 2 aliphatic rings. The summed E-state index contributed by atoms with van der Waals surface area (Å²) < 4.78 is 0. The van der Waals surface area contributed by atoms with Gasteiger partial charge in [0, 0.05) is 19.9 Å². The molecular weight excluding hydrogens is 962 g/mol.